The number of sulfonamides is 1. The van der Waals surface area contributed by atoms with Crippen molar-refractivity contribution in [2.45, 2.75) is 30.2 Å². The number of rotatable bonds is 2. The summed E-state index contributed by atoms with van der Waals surface area (Å²) >= 11 is 0. The van der Waals surface area contributed by atoms with Crippen molar-refractivity contribution in [3.05, 3.63) is 29.8 Å². The first kappa shape index (κ1) is 19.9. The largest absolute Gasteiger partial charge is 0.342 e. The summed E-state index contributed by atoms with van der Waals surface area (Å²) in [6.07, 6.45) is 1.11. The Morgan fingerprint density at radius 2 is 1.79 bits per heavy atom. The number of piperidine rings is 1. The van der Waals surface area contributed by atoms with Crippen molar-refractivity contribution in [2.24, 2.45) is 11.8 Å². The number of carbonyl (C=O) groups excluding carboxylic acids is 2. The smallest absolute Gasteiger partial charge is 0.243 e. The van der Waals surface area contributed by atoms with Crippen LogP contribution in [0.15, 0.2) is 29.2 Å². The molecule has 8 nitrogen and oxygen atoms in total. The molecular formula is C20H24N4O4S. The number of benzene rings is 1. The predicted molar refractivity (Wildman–Crippen MR) is 104 cm³/mol. The number of amides is 2. The highest BCUT2D eigenvalue weighted by atomic mass is 32.2. The van der Waals surface area contributed by atoms with Crippen LogP contribution in [-0.2, 0) is 19.6 Å². The topological polar surface area (TPSA) is 102 Å². The maximum atomic E-state index is 13.0. The fourth-order valence-electron chi connectivity index (χ4n) is 5.24. The number of hydrogen-bond acceptors (Lipinski definition) is 5. The molecule has 0 N–H and O–H groups in total. The molecule has 1 aromatic carbocycles. The lowest BCUT2D eigenvalue weighted by molar-refractivity contribution is -0.135. The van der Waals surface area contributed by atoms with Crippen molar-refractivity contribution in [3.63, 3.8) is 0 Å². The lowest BCUT2D eigenvalue weighted by atomic mass is 9.75. The molecule has 0 aromatic heterocycles. The first-order valence-electron chi connectivity index (χ1n) is 9.74. The molecule has 3 aliphatic rings. The van der Waals surface area contributed by atoms with E-state index >= 15 is 0 Å². The zero-order valence-electron chi connectivity index (χ0n) is 16.5. The third kappa shape index (κ3) is 2.93. The van der Waals surface area contributed by atoms with E-state index in [0.29, 0.717) is 44.6 Å². The predicted octanol–water partition coefficient (Wildman–Crippen LogP) is 0.648. The average Bonchev–Trinajstić information content (AvgIpc) is 3.25. The van der Waals surface area contributed by atoms with Gasteiger partial charge in [0.15, 0.2) is 0 Å². The third-order valence-corrected chi connectivity index (χ3v) is 8.89. The molecule has 3 aliphatic heterocycles. The van der Waals surface area contributed by atoms with Crippen molar-refractivity contribution >= 4 is 21.8 Å². The van der Waals surface area contributed by atoms with Crippen LogP contribution in [-0.4, -0.2) is 73.1 Å². The highest BCUT2D eigenvalue weighted by Crippen LogP contribution is 2.49. The molecule has 0 bridgehead atoms. The minimum atomic E-state index is -3.65. The van der Waals surface area contributed by atoms with Crippen molar-refractivity contribution < 1.29 is 18.0 Å². The number of nitrogens with zero attached hydrogens (tertiary/aromatic N) is 4. The molecular weight excluding hydrogens is 392 g/mol. The first-order chi connectivity index (χ1) is 13.7. The average molecular weight is 417 g/mol. The fourth-order valence-corrected chi connectivity index (χ4v) is 6.68. The molecule has 1 aromatic rings. The Morgan fingerprint density at radius 3 is 2.34 bits per heavy atom. The Bertz CT molecular complexity index is 990. The highest BCUT2D eigenvalue weighted by Gasteiger charge is 2.61. The van der Waals surface area contributed by atoms with Gasteiger partial charge in [-0.05, 0) is 37.1 Å². The molecule has 29 heavy (non-hydrogen) atoms. The van der Waals surface area contributed by atoms with Gasteiger partial charge >= 0.3 is 0 Å². The van der Waals surface area contributed by atoms with E-state index in [4.69, 9.17) is 5.26 Å². The molecule has 2 atom stereocenters. The Morgan fingerprint density at radius 1 is 1.17 bits per heavy atom. The summed E-state index contributed by atoms with van der Waals surface area (Å²) in [6.45, 7) is 3.18. The van der Waals surface area contributed by atoms with E-state index in [0.717, 1.165) is 0 Å². The number of likely N-dealkylation sites (tertiary alicyclic amines) is 2. The second-order valence-corrected chi connectivity index (χ2v) is 10.1. The molecule has 0 saturated carbocycles. The van der Waals surface area contributed by atoms with E-state index in [2.05, 4.69) is 0 Å². The van der Waals surface area contributed by atoms with Crippen molar-refractivity contribution in [1.82, 2.24) is 14.1 Å². The number of nitriles is 1. The van der Waals surface area contributed by atoms with Crippen LogP contribution in [0.5, 0.6) is 0 Å². The summed E-state index contributed by atoms with van der Waals surface area (Å²) in [5, 5.41) is 8.91. The van der Waals surface area contributed by atoms with E-state index in [9.17, 15) is 18.0 Å². The van der Waals surface area contributed by atoms with Crippen LogP contribution in [0, 0.1) is 23.2 Å². The van der Waals surface area contributed by atoms with Crippen molar-refractivity contribution in [2.75, 3.05) is 33.2 Å². The van der Waals surface area contributed by atoms with Crippen LogP contribution in [0.25, 0.3) is 0 Å². The van der Waals surface area contributed by atoms with Gasteiger partial charge in [-0.25, -0.2) is 8.42 Å². The van der Waals surface area contributed by atoms with E-state index in [-0.39, 0.29) is 28.5 Å². The molecule has 2 amide bonds. The number of hydrogen-bond donors (Lipinski definition) is 0. The summed E-state index contributed by atoms with van der Waals surface area (Å²) in [7, 11) is -1.85. The molecule has 154 valence electrons. The lowest BCUT2D eigenvalue weighted by Gasteiger charge is -2.46. The maximum absolute atomic E-state index is 13.0. The first-order valence-corrected chi connectivity index (χ1v) is 11.2. The Balaban J connectivity index is 1.54. The summed E-state index contributed by atoms with van der Waals surface area (Å²) in [5.41, 5.74) is 0.0118. The minimum absolute atomic E-state index is 0.0224. The second-order valence-electron chi connectivity index (χ2n) is 8.18. The van der Waals surface area contributed by atoms with Gasteiger partial charge in [0.2, 0.25) is 21.8 Å². The van der Waals surface area contributed by atoms with Crippen LogP contribution in [0.3, 0.4) is 0 Å². The van der Waals surface area contributed by atoms with Crippen LogP contribution < -0.4 is 0 Å². The number of fused-ring (bicyclic) bond motifs is 2. The van der Waals surface area contributed by atoms with Gasteiger partial charge in [0.05, 0.1) is 28.0 Å². The van der Waals surface area contributed by atoms with Gasteiger partial charge in [-0.15, -0.1) is 0 Å². The van der Waals surface area contributed by atoms with E-state index in [1.165, 1.54) is 35.5 Å². The summed E-state index contributed by atoms with van der Waals surface area (Å²) in [4.78, 5) is 28.4. The van der Waals surface area contributed by atoms with Crippen LogP contribution in [0.2, 0.25) is 0 Å². The van der Waals surface area contributed by atoms with Crippen molar-refractivity contribution in [3.8, 4) is 6.07 Å². The SMILES string of the molecule is CC(=O)N1C[C@@H]2C(=O)N(C)C3(CCN(S(=O)(=O)c4ccc(C#N)cc4)CC3)[C@@H]2C1. The quantitative estimate of drug-likeness (QED) is 0.704. The Kier molecular flexibility index (Phi) is 4.67. The molecule has 3 saturated heterocycles. The second kappa shape index (κ2) is 6.82. The molecule has 9 heteroatoms. The van der Waals surface area contributed by atoms with Crippen LogP contribution in [0.4, 0.5) is 0 Å². The van der Waals surface area contributed by atoms with E-state index in [1.54, 1.807) is 4.90 Å². The van der Waals surface area contributed by atoms with Gasteiger partial charge in [-0.3, -0.25) is 9.59 Å². The Labute approximate surface area is 170 Å². The highest BCUT2D eigenvalue weighted by molar-refractivity contribution is 7.89. The summed E-state index contributed by atoms with van der Waals surface area (Å²) < 4.78 is 27.5. The minimum Gasteiger partial charge on any atom is -0.342 e. The zero-order valence-corrected chi connectivity index (χ0v) is 17.4. The van der Waals surface area contributed by atoms with Gasteiger partial charge in [-0.2, -0.15) is 9.57 Å². The molecule has 0 aliphatic carbocycles. The zero-order chi connectivity index (χ0) is 21.0. The molecule has 0 radical (unpaired) electrons. The third-order valence-electron chi connectivity index (χ3n) is 6.98. The molecule has 4 rings (SSSR count). The number of carbonyl (C=O) groups is 2. The lowest BCUT2D eigenvalue weighted by Crippen LogP contribution is -2.56. The van der Waals surface area contributed by atoms with Gasteiger partial charge in [0.1, 0.15) is 0 Å². The maximum Gasteiger partial charge on any atom is 0.243 e. The van der Waals surface area contributed by atoms with Gasteiger partial charge in [-0.1, -0.05) is 0 Å². The molecule has 3 fully saturated rings. The summed E-state index contributed by atoms with van der Waals surface area (Å²) in [5.74, 6) is -0.109. The molecule has 3 heterocycles. The molecule has 1 spiro atoms. The monoisotopic (exact) mass is 416 g/mol. The van der Waals surface area contributed by atoms with Crippen molar-refractivity contribution in [1.29, 1.82) is 5.26 Å². The van der Waals surface area contributed by atoms with E-state index in [1.807, 2.05) is 18.0 Å². The van der Waals surface area contributed by atoms with Crippen LogP contribution in [0.1, 0.15) is 25.3 Å². The standard InChI is InChI=1S/C20H24N4O4S/c1-14(25)23-12-17-18(13-23)20(22(2)19(17)26)7-9-24(10-8-20)29(27,28)16-5-3-15(11-21)4-6-16/h3-6,17-18H,7-10,12-13H2,1-2H3/t17-,18+/m0/s1. The van der Waals surface area contributed by atoms with E-state index < -0.39 is 15.6 Å². The summed E-state index contributed by atoms with van der Waals surface area (Å²) in [6, 6.07) is 7.91. The molecule has 0 unspecified atom stereocenters. The van der Waals surface area contributed by atoms with Gasteiger partial charge in [0.25, 0.3) is 0 Å². The Hall–Kier alpha value is -2.44. The normalized spacial score (nSPS) is 26.6. The fraction of sp³-hybridized carbons (Fsp3) is 0.550. The van der Waals surface area contributed by atoms with Gasteiger partial charge < -0.3 is 9.80 Å². The van der Waals surface area contributed by atoms with Gasteiger partial charge in [0, 0.05) is 46.1 Å². The van der Waals surface area contributed by atoms with Crippen LogP contribution >= 0.6 is 0 Å².